The van der Waals surface area contributed by atoms with Crippen LogP contribution in [0.4, 0.5) is 4.79 Å². The van der Waals surface area contributed by atoms with Crippen molar-refractivity contribution in [1.82, 2.24) is 10.2 Å². The second-order valence-electron chi connectivity index (χ2n) is 9.36. The molecule has 1 saturated heterocycles. The van der Waals surface area contributed by atoms with E-state index in [1.54, 1.807) is 4.90 Å². The number of carbonyl (C=O) groups is 3. The van der Waals surface area contributed by atoms with Gasteiger partial charge in [-0.05, 0) is 41.0 Å². The Morgan fingerprint density at radius 1 is 1.03 bits per heavy atom. The zero-order chi connectivity index (χ0) is 23.0. The molecule has 1 saturated carbocycles. The highest BCUT2D eigenvalue weighted by Gasteiger charge is 2.54. The lowest BCUT2D eigenvalue weighted by Gasteiger charge is -2.34. The van der Waals surface area contributed by atoms with Crippen LogP contribution in [-0.2, 0) is 14.3 Å². The molecule has 5 rings (SSSR count). The monoisotopic (exact) mass is 448 g/mol. The minimum atomic E-state index is -0.836. The Kier molecular flexibility index (Phi) is 5.56. The van der Waals surface area contributed by atoms with Crippen LogP contribution in [0.15, 0.2) is 48.5 Å². The van der Waals surface area contributed by atoms with Crippen molar-refractivity contribution in [2.45, 2.75) is 31.6 Å². The standard InChI is InChI=1S/C26H28N2O5/c29-23(28-14-17-7-5-6-12-26(17,16-28)24(30)31)13-27-25(32)33-15-22-20-10-3-1-8-18(20)19-9-2-4-11-21(19)22/h1-4,8-11,17,22H,5-7,12-16H2,(H,27,32)(H,30,31). The third-order valence-corrected chi connectivity index (χ3v) is 7.63. The van der Waals surface area contributed by atoms with Gasteiger partial charge in [0.25, 0.3) is 0 Å². The Bertz CT molecular complexity index is 1050. The second kappa shape index (κ2) is 8.54. The number of amides is 2. The van der Waals surface area contributed by atoms with Crippen molar-refractivity contribution in [3.8, 4) is 11.1 Å². The lowest BCUT2D eigenvalue weighted by atomic mass is 9.68. The normalized spacial score (nSPS) is 23.4. The summed E-state index contributed by atoms with van der Waals surface area (Å²) < 4.78 is 5.49. The van der Waals surface area contributed by atoms with Gasteiger partial charge >= 0.3 is 12.1 Å². The van der Waals surface area contributed by atoms with Gasteiger partial charge < -0.3 is 20.1 Å². The molecule has 1 aliphatic heterocycles. The highest BCUT2D eigenvalue weighted by Crippen LogP contribution is 2.47. The maximum Gasteiger partial charge on any atom is 0.407 e. The van der Waals surface area contributed by atoms with Crippen molar-refractivity contribution < 1.29 is 24.2 Å². The molecule has 0 bridgehead atoms. The van der Waals surface area contributed by atoms with Gasteiger partial charge in [-0.1, -0.05) is 61.4 Å². The van der Waals surface area contributed by atoms with Crippen LogP contribution in [0, 0.1) is 11.3 Å². The fourth-order valence-electron chi connectivity index (χ4n) is 5.91. The first-order valence-corrected chi connectivity index (χ1v) is 11.6. The number of benzene rings is 2. The van der Waals surface area contributed by atoms with Crippen molar-refractivity contribution in [1.29, 1.82) is 0 Å². The number of carboxylic acid groups (broad SMARTS) is 1. The van der Waals surface area contributed by atoms with E-state index in [4.69, 9.17) is 4.74 Å². The van der Waals surface area contributed by atoms with Gasteiger partial charge in [0.1, 0.15) is 13.2 Å². The molecule has 2 N–H and O–H groups in total. The van der Waals surface area contributed by atoms with Crippen molar-refractivity contribution in [3.63, 3.8) is 0 Å². The molecule has 0 spiro atoms. The molecule has 2 amide bonds. The molecule has 7 heteroatoms. The smallest absolute Gasteiger partial charge is 0.407 e. The molecule has 172 valence electrons. The number of fused-ring (bicyclic) bond motifs is 4. The first-order chi connectivity index (χ1) is 16.0. The molecule has 0 aromatic heterocycles. The molecular weight excluding hydrogens is 420 g/mol. The van der Waals surface area contributed by atoms with Crippen LogP contribution in [0.5, 0.6) is 0 Å². The molecular formula is C26H28N2O5. The molecule has 3 aliphatic rings. The number of likely N-dealkylation sites (tertiary alicyclic amines) is 1. The van der Waals surface area contributed by atoms with Crippen LogP contribution in [0.25, 0.3) is 11.1 Å². The summed E-state index contributed by atoms with van der Waals surface area (Å²) in [7, 11) is 0. The number of carboxylic acids is 1. The molecule has 1 heterocycles. The van der Waals surface area contributed by atoms with Gasteiger partial charge in [-0.15, -0.1) is 0 Å². The van der Waals surface area contributed by atoms with Gasteiger partial charge in [0, 0.05) is 19.0 Å². The van der Waals surface area contributed by atoms with Gasteiger partial charge in [0.2, 0.25) is 5.91 Å². The summed E-state index contributed by atoms with van der Waals surface area (Å²) in [6.07, 6.45) is 2.67. The largest absolute Gasteiger partial charge is 0.481 e. The fraction of sp³-hybridized carbons (Fsp3) is 0.423. The van der Waals surface area contributed by atoms with Crippen LogP contribution in [0.2, 0.25) is 0 Å². The summed E-state index contributed by atoms with van der Waals surface area (Å²) in [6, 6.07) is 16.2. The van der Waals surface area contributed by atoms with E-state index in [2.05, 4.69) is 29.6 Å². The third kappa shape index (κ3) is 3.75. The van der Waals surface area contributed by atoms with Crippen molar-refractivity contribution in [2.75, 3.05) is 26.2 Å². The number of hydrogen-bond donors (Lipinski definition) is 2. The maximum atomic E-state index is 12.7. The zero-order valence-electron chi connectivity index (χ0n) is 18.5. The number of nitrogens with one attached hydrogen (secondary N) is 1. The van der Waals surface area contributed by atoms with E-state index in [0.29, 0.717) is 13.0 Å². The van der Waals surface area contributed by atoms with E-state index < -0.39 is 17.5 Å². The quantitative estimate of drug-likeness (QED) is 0.728. The first-order valence-electron chi connectivity index (χ1n) is 11.6. The van der Waals surface area contributed by atoms with E-state index in [1.807, 2.05) is 24.3 Å². The van der Waals surface area contributed by atoms with Crippen LogP contribution in [-0.4, -0.2) is 54.2 Å². The molecule has 2 aliphatic carbocycles. The summed E-state index contributed by atoms with van der Waals surface area (Å²) in [5.74, 6) is -1.14. The maximum absolute atomic E-state index is 12.7. The lowest BCUT2D eigenvalue weighted by Crippen LogP contribution is -2.43. The van der Waals surface area contributed by atoms with Crippen molar-refractivity contribution in [2.24, 2.45) is 11.3 Å². The Hall–Kier alpha value is -3.35. The van der Waals surface area contributed by atoms with E-state index in [0.717, 1.165) is 41.5 Å². The highest BCUT2D eigenvalue weighted by atomic mass is 16.5. The molecule has 2 atom stereocenters. The molecule has 2 fully saturated rings. The summed E-state index contributed by atoms with van der Waals surface area (Å²) >= 11 is 0. The van der Waals surface area contributed by atoms with Gasteiger partial charge in [-0.2, -0.15) is 0 Å². The topological polar surface area (TPSA) is 95.9 Å². The van der Waals surface area contributed by atoms with E-state index >= 15 is 0 Å². The number of ether oxygens (including phenoxy) is 1. The molecule has 0 radical (unpaired) electrons. The lowest BCUT2D eigenvalue weighted by molar-refractivity contribution is -0.152. The Labute approximate surface area is 192 Å². The predicted octanol–water partition coefficient (Wildman–Crippen LogP) is 3.63. The minimum absolute atomic E-state index is 0.0119. The second-order valence-corrected chi connectivity index (χ2v) is 9.36. The fourth-order valence-corrected chi connectivity index (χ4v) is 5.91. The van der Waals surface area contributed by atoms with Crippen LogP contribution < -0.4 is 5.32 Å². The van der Waals surface area contributed by atoms with Crippen molar-refractivity contribution >= 4 is 18.0 Å². The van der Waals surface area contributed by atoms with Crippen LogP contribution in [0.1, 0.15) is 42.7 Å². The van der Waals surface area contributed by atoms with E-state index in [-0.39, 0.29) is 37.4 Å². The SMILES string of the molecule is O=C(NCC(=O)N1CC2CCCCC2(C(=O)O)C1)OCC1c2ccccc2-c2ccccc21. The Morgan fingerprint density at radius 2 is 1.70 bits per heavy atom. The predicted molar refractivity (Wildman–Crippen MR) is 122 cm³/mol. The Morgan fingerprint density at radius 3 is 2.33 bits per heavy atom. The first kappa shape index (κ1) is 21.5. The van der Waals surface area contributed by atoms with Crippen LogP contribution >= 0.6 is 0 Å². The highest BCUT2D eigenvalue weighted by molar-refractivity contribution is 5.85. The zero-order valence-corrected chi connectivity index (χ0v) is 18.5. The average Bonchev–Trinajstić information content (AvgIpc) is 3.39. The number of carbonyl (C=O) groups excluding carboxylic acids is 2. The van der Waals surface area contributed by atoms with Gasteiger partial charge in [-0.3, -0.25) is 9.59 Å². The molecule has 33 heavy (non-hydrogen) atoms. The summed E-state index contributed by atoms with van der Waals surface area (Å²) in [5, 5.41) is 12.4. The Balaban J connectivity index is 1.17. The average molecular weight is 449 g/mol. The molecule has 2 aromatic carbocycles. The van der Waals surface area contributed by atoms with Gasteiger partial charge in [0.15, 0.2) is 0 Å². The van der Waals surface area contributed by atoms with E-state index in [9.17, 15) is 19.5 Å². The van der Waals surface area contributed by atoms with E-state index in [1.165, 1.54) is 0 Å². The number of alkyl carbamates (subject to hydrolysis) is 1. The summed E-state index contributed by atoms with van der Waals surface area (Å²) in [6.45, 7) is 0.650. The molecule has 7 nitrogen and oxygen atoms in total. The third-order valence-electron chi connectivity index (χ3n) is 7.63. The van der Waals surface area contributed by atoms with Crippen LogP contribution in [0.3, 0.4) is 0 Å². The number of nitrogens with zero attached hydrogens (tertiary/aromatic N) is 1. The molecule has 2 unspecified atom stereocenters. The van der Waals surface area contributed by atoms with Gasteiger partial charge in [0.05, 0.1) is 5.41 Å². The summed E-state index contributed by atoms with van der Waals surface area (Å²) in [4.78, 5) is 38.6. The van der Waals surface area contributed by atoms with Crippen molar-refractivity contribution in [3.05, 3.63) is 59.7 Å². The number of aliphatic carboxylic acids is 1. The molecule has 2 aromatic rings. The number of hydrogen-bond acceptors (Lipinski definition) is 4. The number of rotatable bonds is 5. The summed E-state index contributed by atoms with van der Waals surface area (Å²) in [5.41, 5.74) is 3.72. The van der Waals surface area contributed by atoms with Gasteiger partial charge in [-0.25, -0.2) is 4.79 Å². The minimum Gasteiger partial charge on any atom is -0.481 e.